The lowest BCUT2D eigenvalue weighted by molar-refractivity contribution is 1.14. The number of halogens is 2. The van der Waals surface area contributed by atoms with E-state index in [-0.39, 0.29) is 0 Å². The highest BCUT2D eigenvalue weighted by Gasteiger charge is 2.06. The molecule has 3 aromatic rings. The number of pyridine rings is 1. The third kappa shape index (κ3) is 3.27. The van der Waals surface area contributed by atoms with Gasteiger partial charge in [-0.2, -0.15) is 0 Å². The maximum Gasteiger partial charge on any atom is 0.0702 e. The summed E-state index contributed by atoms with van der Waals surface area (Å²) in [5.41, 5.74) is 4.55. The average molecular weight is 406 g/mol. The van der Waals surface area contributed by atoms with Crippen molar-refractivity contribution < 1.29 is 0 Å². The number of nitrogens with one attached hydrogen (secondary N) is 1. The molecule has 3 rings (SSSR count). The molecule has 1 aromatic heterocycles. The summed E-state index contributed by atoms with van der Waals surface area (Å²) in [6.45, 7) is 2.85. The molecule has 0 saturated heterocycles. The zero-order valence-electron chi connectivity index (χ0n) is 11.5. The van der Waals surface area contributed by atoms with Crippen molar-refractivity contribution in [2.45, 2.75) is 13.5 Å². The van der Waals surface area contributed by atoms with Crippen LogP contribution in [0.2, 0.25) is 0 Å². The van der Waals surface area contributed by atoms with Crippen LogP contribution in [0.4, 0.5) is 5.69 Å². The van der Waals surface area contributed by atoms with E-state index in [0.717, 1.165) is 26.7 Å². The molecule has 4 heteroatoms. The molecule has 0 bridgehead atoms. The highest BCUT2D eigenvalue weighted by Crippen LogP contribution is 2.32. The lowest BCUT2D eigenvalue weighted by Crippen LogP contribution is -2.01. The minimum Gasteiger partial charge on any atom is -0.379 e. The SMILES string of the molecule is Cc1cc(Br)c(NCc2ccc3ncccc3c2)c(Br)c1. The molecule has 0 aliphatic rings. The van der Waals surface area contributed by atoms with Gasteiger partial charge in [-0.25, -0.2) is 0 Å². The number of hydrogen-bond donors (Lipinski definition) is 1. The van der Waals surface area contributed by atoms with Crippen LogP contribution >= 0.6 is 31.9 Å². The van der Waals surface area contributed by atoms with E-state index < -0.39 is 0 Å². The molecule has 0 unspecified atom stereocenters. The Balaban J connectivity index is 1.83. The molecule has 0 atom stereocenters. The number of aryl methyl sites for hydroxylation is 1. The van der Waals surface area contributed by atoms with Crippen molar-refractivity contribution in [3.8, 4) is 0 Å². The number of rotatable bonds is 3. The van der Waals surface area contributed by atoms with Gasteiger partial charge in [0, 0.05) is 27.1 Å². The minimum absolute atomic E-state index is 0.769. The second kappa shape index (κ2) is 6.16. The van der Waals surface area contributed by atoms with Crippen molar-refractivity contribution in [2.75, 3.05) is 5.32 Å². The van der Waals surface area contributed by atoms with Gasteiger partial charge < -0.3 is 5.32 Å². The van der Waals surface area contributed by atoms with Gasteiger partial charge in [0.15, 0.2) is 0 Å². The summed E-state index contributed by atoms with van der Waals surface area (Å²) in [5, 5.41) is 4.64. The maximum atomic E-state index is 4.34. The van der Waals surface area contributed by atoms with Gasteiger partial charge in [0.05, 0.1) is 11.2 Å². The van der Waals surface area contributed by atoms with E-state index in [0.29, 0.717) is 0 Å². The molecule has 0 radical (unpaired) electrons. The zero-order chi connectivity index (χ0) is 14.8. The van der Waals surface area contributed by atoms with Crippen LogP contribution in [0.5, 0.6) is 0 Å². The van der Waals surface area contributed by atoms with Crippen LogP contribution in [0, 0.1) is 6.92 Å². The highest BCUT2D eigenvalue weighted by molar-refractivity contribution is 9.11. The average Bonchev–Trinajstić information content (AvgIpc) is 2.46. The summed E-state index contributed by atoms with van der Waals surface area (Å²) in [6.07, 6.45) is 1.82. The van der Waals surface area contributed by atoms with Crippen molar-refractivity contribution in [1.82, 2.24) is 4.98 Å². The van der Waals surface area contributed by atoms with Gasteiger partial charge in [-0.15, -0.1) is 0 Å². The Morgan fingerprint density at radius 3 is 2.57 bits per heavy atom. The first-order chi connectivity index (χ1) is 10.1. The summed E-state index contributed by atoms with van der Waals surface area (Å²) < 4.78 is 2.13. The molecular formula is C17H14Br2N2. The Labute approximate surface area is 140 Å². The van der Waals surface area contributed by atoms with Crippen LogP contribution in [-0.4, -0.2) is 4.98 Å². The van der Waals surface area contributed by atoms with Crippen LogP contribution < -0.4 is 5.32 Å². The first kappa shape index (κ1) is 14.5. The molecule has 0 spiro atoms. The maximum absolute atomic E-state index is 4.34. The Morgan fingerprint density at radius 2 is 1.81 bits per heavy atom. The predicted molar refractivity (Wildman–Crippen MR) is 95.6 cm³/mol. The number of benzene rings is 2. The Bertz CT molecular complexity index is 777. The molecule has 1 heterocycles. The van der Waals surface area contributed by atoms with Crippen LogP contribution in [0.25, 0.3) is 10.9 Å². The largest absolute Gasteiger partial charge is 0.379 e. The van der Waals surface area contributed by atoms with E-state index in [1.165, 1.54) is 16.5 Å². The van der Waals surface area contributed by atoms with Gasteiger partial charge in [-0.05, 0) is 80.2 Å². The van der Waals surface area contributed by atoms with E-state index in [1.807, 2.05) is 12.3 Å². The summed E-state index contributed by atoms with van der Waals surface area (Å²) in [5.74, 6) is 0. The molecule has 0 amide bonds. The summed E-state index contributed by atoms with van der Waals surface area (Å²) in [7, 11) is 0. The zero-order valence-corrected chi connectivity index (χ0v) is 14.7. The van der Waals surface area contributed by atoms with Gasteiger partial charge in [0.25, 0.3) is 0 Å². The normalized spacial score (nSPS) is 10.8. The molecule has 2 aromatic carbocycles. The smallest absolute Gasteiger partial charge is 0.0702 e. The fourth-order valence-corrected chi connectivity index (χ4v) is 3.99. The monoisotopic (exact) mass is 404 g/mol. The van der Waals surface area contributed by atoms with Gasteiger partial charge in [-0.3, -0.25) is 4.98 Å². The minimum atomic E-state index is 0.769. The molecule has 1 N–H and O–H groups in total. The van der Waals surface area contributed by atoms with Crippen LogP contribution in [0.3, 0.4) is 0 Å². The van der Waals surface area contributed by atoms with Crippen molar-refractivity contribution in [3.63, 3.8) is 0 Å². The second-order valence-corrected chi connectivity index (χ2v) is 6.70. The molecule has 0 saturated carbocycles. The Hall–Kier alpha value is -1.39. The lowest BCUT2D eigenvalue weighted by Gasteiger charge is -2.12. The van der Waals surface area contributed by atoms with Gasteiger partial charge in [0.1, 0.15) is 0 Å². The fraction of sp³-hybridized carbons (Fsp3) is 0.118. The molecule has 106 valence electrons. The quantitative estimate of drug-likeness (QED) is 0.606. The van der Waals surface area contributed by atoms with E-state index in [1.54, 1.807) is 0 Å². The van der Waals surface area contributed by atoms with E-state index in [9.17, 15) is 0 Å². The third-order valence-corrected chi connectivity index (χ3v) is 4.57. The summed E-state index contributed by atoms with van der Waals surface area (Å²) >= 11 is 7.22. The van der Waals surface area contributed by atoms with Crippen LogP contribution in [-0.2, 0) is 6.54 Å². The topological polar surface area (TPSA) is 24.9 Å². The first-order valence-corrected chi connectivity index (χ1v) is 8.25. The summed E-state index contributed by atoms with van der Waals surface area (Å²) in [6, 6.07) is 14.6. The van der Waals surface area contributed by atoms with Crippen molar-refractivity contribution in [3.05, 3.63) is 68.7 Å². The second-order valence-electron chi connectivity index (χ2n) is 4.99. The van der Waals surface area contributed by atoms with Gasteiger partial charge in [-0.1, -0.05) is 12.1 Å². The van der Waals surface area contributed by atoms with Crippen molar-refractivity contribution in [2.24, 2.45) is 0 Å². The number of fused-ring (bicyclic) bond motifs is 1. The highest BCUT2D eigenvalue weighted by atomic mass is 79.9. The Kier molecular flexibility index (Phi) is 4.27. The van der Waals surface area contributed by atoms with E-state index in [2.05, 4.69) is 85.5 Å². The van der Waals surface area contributed by atoms with Gasteiger partial charge in [0.2, 0.25) is 0 Å². The number of nitrogens with zero attached hydrogens (tertiary/aromatic N) is 1. The molecule has 0 fully saturated rings. The standard InChI is InChI=1S/C17H14Br2N2/c1-11-7-14(18)17(15(19)8-11)21-10-12-4-5-16-13(9-12)3-2-6-20-16/h2-9,21H,10H2,1H3. The first-order valence-electron chi connectivity index (χ1n) is 6.66. The predicted octanol–water partition coefficient (Wildman–Crippen LogP) is 5.68. The molecule has 0 aliphatic carbocycles. The molecule has 2 nitrogen and oxygen atoms in total. The van der Waals surface area contributed by atoms with E-state index >= 15 is 0 Å². The third-order valence-electron chi connectivity index (χ3n) is 3.32. The van der Waals surface area contributed by atoms with E-state index in [4.69, 9.17) is 0 Å². The van der Waals surface area contributed by atoms with Crippen molar-refractivity contribution in [1.29, 1.82) is 0 Å². The lowest BCUT2D eigenvalue weighted by atomic mass is 10.1. The summed E-state index contributed by atoms with van der Waals surface area (Å²) in [4.78, 5) is 4.34. The molecule has 21 heavy (non-hydrogen) atoms. The number of anilines is 1. The Morgan fingerprint density at radius 1 is 1.05 bits per heavy atom. The number of aromatic nitrogens is 1. The van der Waals surface area contributed by atoms with Crippen molar-refractivity contribution >= 4 is 48.5 Å². The van der Waals surface area contributed by atoms with Gasteiger partial charge >= 0.3 is 0 Å². The van der Waals surface area contributed by atoms with Crippen LogP contribution in [0.15, 0.2) is 57.6 Å². The molecule has 0 aliphatic heterocycles. The number of hydrogen-bond acceptors (Lipinski definition) is 2. The van der Waals surface area contributed by atoms with Crippen LogP contribution in [0.1, 0.15) is 11.1 Å². The fourth-order valence-electron chi connectivity index (χ4n) is 2.29. The molecular weight excluding hydrogens is 392 g/mol.